The normalized spacial score (nSPS) is 13.8. The van der Waals surface area contributed by atoms with Gasteiger partial charge in [0.25, 0.3) is 0 Å². The molecule has 0 aromatic heterocycles. The molecule has 0 radical (unpaired) electrons. The van der Waals surface area contributed by atoms with Crippen LogP contribution in [0.15, 0.2) is 54.6 Å². The molecule has 1 saturated carbocycles. The Bertz CT molecular complexity index is 949. The van der Waals surface area contributed by atoms with Crippen LogP contribution in [-0.4, -0.2) is 0 Å². The van der Waals surface area contributed by atoms with Gasteiger partial charge < -0.3 is 0 Å². The summed E-state index contributed by atoms with van der Waals surface area (Å²) in [5.74, 6) is -3.97. The first-order chi connectivity index (χ1) is 13.0. The second-order valence-electron chi connectivity index (χ2n) is 7.13. The van der Waals surface area contributed by atoms with Gasteiger partial charge in [0.05, 0.1) is 0 Å². The highest BCUT2D eigenvalue weighted by Gasteiger charge is 2.20. The second kappa shape index (κ2) is 7.18. The molecule has 4 rings (SSSR count). The van der Waals surface area contributed by atoms with E-state index in [1.54, 1.807) is 6.07 Å². The van der Waals surface area contributed by atoms with E-state index in [0.29, 0.717) is 5.56 Å². The topological polar surface area (TPSA) is 0 Å². The number of benzene rings is 3. The minimum Gasteiger partial charge on any atom is -0.206 e. The van der Waals surface area contributed by atoms with Crippen molar-refractivity contribution >= 4 is 0 Å². The molecule has 0 saturated heterocycles. The largest absolute Gasteiger partial charge is 0.206 e. The van der Waals surface area contributed by atoms with Gasteiger partial charge in [-0.05, 0) is 59.2 Å². The zero-order valence-corrected chi connectivity index (χ0v) is 14.6. The Balaban J connectivity index is 1.57. The van der Waals surface area contributed by atoms with Crippen molar-refractivity contribution < 1.29 is 17.6 Å². The van der Waals surface area contributed by atoms with Crippen LogP contribution in [0.1, 0.15) is 24.8 Å². The summed E-state index contributed by atoms with van der Waals surface area (Å²) in [7, 11) is 0. The highest BCUT2D eigenvalue weighted by molar-refractivity contribution is 5.71. The first-order valence-corrected chi connectivity index (χ1v) is 9.05. The zero-order valence-electron chi connectivity index (χ0n) is 14.6. The Morgan fingerprint density at radius 1 is 0.667 bits per heavy atom. The standard InChI is InChI=1S/C23H18F4/c24-20-11-17(16-7-5-15(6-8-16)4-3-14-1-2-14)9-10-19(20)18-12-21(25)23(27)22(26)13-18/h5-14H,1-4H2. The quantitative estimate of drug-likeness (QED) is 0.338. The van der Waals surface area contributed by atoms with Gasteiger partial charge in [-0.15, -0.1) is 0 Å². The monoisotopic (exact) mass is 370 g/mol. The zero-order chi connectivity index (χ0) is 19.0. The van der Waals surface area contributed by atoms with Crippen LogP contribution in [0.2, 0.25) is 0 Å². The molecule has 3 aromatic carbocycles. The number of aryl methyl sites for hydroxylation is 1. The lowest BCUT2D eigenvalue weighted by atomic mass is 9.98. The summed E-state index contributed by atoms with van der Waals surface area (Å²) in [6, 6.07) is 14.1. The molecule has 1 fully saturated rings. The lowest BCUT2D eigenvalue weighted by molar-refractivity contribution is 0.447. The number of halogens is 4. The van der Waals surface area contributed by atoms with Gasteiger partial charge in [0.1, 0.15) is 5.82 Å². The maximum absolute atomic E-state index is 14.5. The molecule has 0 heterocycles. The Kier molecular flexibility index (Phi) is 4.73. The molecule has 3 aromatic rings. The van der Waals surface area contributed by atoms with Gasteiger partial charge >= 0.3 is 0 Å². The van der Waals surface area contributed by atoms with Gasteiger partial charge in [-0.3, -0.25) is 0 Å². The lowest BCUT2D eigenvalue weighted by Gasteiger charge is -2.09. The van der Waals surface area contributed by atoms with Crippen molar-refractivity contribution in [2.24, 2.45) is 5.92 Å². The van der Waals surface area contributed by atoms with Crippen molar-refractivity contribution in [2.45, 2.75) is 25.7 Å². The van der Waals surface area contributed by atoms with Crippen molar-refractivity contribution in [3.63, 3.8) is 0 Å². The van der Waals surface area contributed by atoms with Gasteiger partial charge in [-0.25, -0.2) is 17.6 Å². The van der Waals surface area contributed by atoms with Crippen LogP contribution in [0.25, 0.3) is 22.3 Å². The molecule has 1 aliphatic rings. The van der Waals surface area contributed by atoms with Crippen molar-refractivity contribution in [3.05, 3.63) is 83.4 Å². The molecule has 0 nitrogen and oxygen atoms in total. The van der Waals surface area contributed by atoms with E-state index < -0.39 is 23.3 Å². The predicted octanol–water partition coefficient (Wildman–Crippen LogP) is 6.92. The fraction of sp³-hybridized carbons (Fsp3) is 0.217. The summed E-state index contributed by atoms with van der Waals surface area (Å²) in [5, 5.41) is 0. The fourth-order valence-corrected chi connectivity index (χ4v) is 3.28. The van der Waals surface area contributed by atoms with Gasteiger partial charge in [0.15, 0.2) is 17.5 Å². The predicted molar refractivity (Wildman–Crippen MR) is 98.2 cm³/mol. The minimum atomic E-state index is -1.56. The van der Waals surface area contributed by atoms with Crippen molar-refractivity contribution in [3.8, 4) is 22.3 Å². The molecule has 4 heteroatoms. The van der Waals surface area contributed by atoms with E-state index in [1.165, 1.54) is 37.0 Å². The van der Waals surface area contributed by atoms with Crippen LogP contribution in [-0.2, 0) is 6.42 Å². The van der Waals surface area contributed by atoms with Gasteiger partial charge in [0, 0.05) is 5.56 Å². The maximum Gasteiger partial charge on any atom is 0.194 e. The van der Waals surface area contributed by atoms with E-state index in [1.807, 2.05) is 24.3 Å². The highest BCUT2D eigenvalue weighted by atomic mass is 19.2. The van der Waals surface area contributed by atoms with E-state index in [-0.39, 0.29) is 11.1 Å². The Hall–Kier alpha value is -2.62. The van der Waals surface area contributed by atoms with Crippen LogP contribution in [0.3, 0.4) is 0 Å². The number of rotatable bonds is 5. The lowest BCUT2D eigenvalue weighted by Crippen LogP contribution is -1.94. The SMILES string of the molecule is Fc1cc(-c2ccc(CCC3CC3)cc2)ccc1-c1cc(F)c(F)c(F)c1. The molecular formula is C23H18F4. The molecule has 27 heavy (non-hydrogen) atoms. The molecule has 1 aliphatic carbocycles. The Morgan fingerprint density at radius 2 is 1.26 bits per heavy atom. The fourth-order valence-electron chi connectivity index (χ4n) is 3.28. The molecule has 0 aliphatic heterocycles. The second-order valence-corrected chi connectivity index (χ2v) is 7.13. The van der Waals surface area contributed by atoms with Crippen LogP contribution in [0, 0.1) is 29.2 Å². The summed E-state index contributed by atoms with van der Waals surface area (Å²) in [5.41, 5.74) is 2.80. The Morgan fingerprint density at radius 3 is 1.85 bits per heavy atom. The van der Waals surface area contributed by atoms with Crippen LogP contribution in [0.5, 0.6) is 0 Å². The van der Waals surface area contributed by atoms with Crippen LogP contribution in [0.4, 0.5) is 17.6 Å². The average Bonchev–Trinajstić information content (AvgIpc) is 3.49. The number of hydrogen-bond donors (Lipinski definition) is 0. The van der Waals surface area contributed by atoms with E-state index >= 15 is 0 Å². The third-order valence-electron chi connectivity index (χ3n) is 5.09. The Labute approximate surface area is 155 Å². The van der Waals surface area contributed by atoms with Gasteiger partial charge in [-0.1, -0.05) is 49.2 Å². The summed E-state index contributed by atoms with van der Waals surface area (Å²) < 4.78 is 54.5. The van der Waals surface area contributed by atoms with Gasteiger partial charge in [-0.2, -0.15) is 0 Å². The van der Waals surface area contributed by atoms with E-state index in [4.69, 9.17) is 0 Å². The first kappa shape index (κ1) is 17.8. The third-order valence-corrected chi connectivity index (χ3v) is 5.09. The molecule has 0 spiro atoms. The van der Waals surface area contributed by atoms with Crippen molar-refractivity contribution in [1.82, 2.24) is 0 Å². The molecular weight excluding hydrogens is 352 g/mol. The molecule has 0 N–H and O–H groups in total. The summed E-state index contributed by atoms with van der Waals surface area (Å²) in [4.78, 5) is 0. The molecule has 138 valence electrons. The molecule has 0 amide bonds. The first-order valence-electron chi connectivity index (χ1n) is 9.05. The van der Waals surface area contributed by atoms with Gasteiger partial charge in [0.2, 0.25) is 0 Å². The molecule has 0 bridgehead atoms. The van der Waals surface area contributed by atoms with E-state index in [9.17, 15) is 17.6 Å². The van der Waals surface area contributed by atoms with E-state index in [2.05, 4.69) is 0 Å². The number of hydrogen-bond acceptors (Lipinski definition) is 0. The highest BCUT2D eigenvalue weighted by Crippen LogP contribution is 2.34. The average molecular weight is 370 g/mol. The van der Waals surface area contributed by atoms with Crippen LogP contribution >= 0.6 is 0 Å². The van der Waals surface area contributed by atoms with Crippen molar-refractivity contribution in [1.29, 1.82) is 0 Å². The van der Waals surface area contributed by atoms with Crippen molar-refractivity contribution in [2.75, 3.05) is 0 Å². The summed E-state index contributed by atoms with van der Waals surface area (Å²) in [6.45, 7) is 0. The smallest absolute Gasteiger partial charge is 0.194 e. The van der Waals surface area contributed by atoms with Crippen LogP contribution < -0.4 is 0 Å². The van der Waals surface area contributed by atoms with E-state index in [0.717, 1.165) is 30.0 Å². The molecule has 0 atom stereocenters. The third kappa shape index (κ3) is 3.90. The maximum atomic E-state index is 14.5. The minimum absolute atomic E-state index is 0.0256. The summed E-state index contributed by atoms with van der Waals surface area (Å²) in [6.07, 6.45) is 4.95. The summed E-state index contributed by atoms with van der Waals surface area (Å²) >= 11 is 0. The molecule has 0 unspecified atom stereocenters.